The van der Waals surface area contributed by atoms with Crippen molar-refractivity contribution in [1.82, 2.24) is 0 Å². The largest absolute Gasteiger partial charge is 3.00 e. The third-order valence-electron chi connectivity index (χ3n) is 2.11. The van der Waals surface area contributed by atoms with Gasteiger partial charge < -0.3 is 38.9 Å². The van der Waals surface area contributed by atoms with Crippen LogP contribution in [0.25, 0.3) is 0 Å². The number of hydrogen-bond acceptors (Lipinski definition) is 1. The molecule has 0 saturated heterocycles. The SMILES string of the molecule is CCCCP([O-])CCCC.[Br-].[Br-].[C-]1=CC=CC1.[Ir+3]. The second-order valence-corrected chi connectivity index (χ2v) is 5.50. The van der Waals surface area contributed by atoms with Gasteiger partial charge in [0, 0.05) is 0 Å². The van der Waals surface area contributed by atoms with Gasteiger partial charge >= 0.3 is 20.1 Å². The van der Waals surface area contributed by atoms with Gasteiger partial charge in [0.2, 0.25) is 0 Å². The molecule has 1 rings (SSSR count). The predicted octanol–water partition coefficient (Wildman–Crippen LogP) is -2.35. The van der Waals surface area contributed by atoms with Crippen molar-refractivity contribution in [3.05, 3.63) is 24.3 Å². The molecule has 0 aromatic rings. The summed E-state index contributed by atoms with van der Waals surface area (Å²) in [4.78, 5) is 11.1. The van der Waals surface area contributed by atoms with E-state index in [0.29, 0.717) is 0 Å². The fourth-order valence-corrected chi connectivity index (χ4v) is 2.68. The number of unbranched alkanes of at least 4 members (excludes halogenated alkanes) is 2. The van der Waals surface area contributed by atoms with Crippen molar-refractivity contribution in [2.45, 2.75) is 46.0 Å². The minimum atomic E-state index is -0.842. The first-order valence-electron chi connectivity index (χ1n) is 5.95. The van der Waals surface area contributed by atoms with Gasteiger partial charge in [0.15, 0.2) is 0 Å². The fraction of sp³-hybridized carbons (Fsp3) is 0.692. The van der Waals surface area contributed by atoms with Crippen molar-refractivity contribution in [1.29, 1.82) is 0 Å². The molecule has 0 heterocycles. The van der Waals surface area contributed by atoms with E-state index in [2.05, 4.69) is 26.0 Å². The molecule has 18 heavy (non-hydrogen) atoms. The molecule has 110 valence electrons. The standard InChI is InChI=1S/C8H18OP.C5H5.2BrH.Ir/c1-3-5-7-10(9)8-6-4-2;1-2-4-5-3-1;;;/h3-8H2,1-2H3;1-3H,4H2;2*1H;/q2*-1;;;+3/p-2. The zero-order chi connectivity index (χ0) is 11.4. The number of allylic oxidation sites excluding steroid dienone is 4. The molecule has 0 bridgehead atoms. The van der Waals surface area contributed by atoms with E-state index < -0.39 is 8.15 Å². The number of hydrogen-bond donors (Lipinski definition) is 0. The topological polar surface area (TPSA) is 23.1 Å². The average Bonchev–Trinajstić information content (AvgIpc) is 2.82. The molecule has 0 atom stereocenters. The van der Waals surface area contributed by atoms with Crippen molar-refractivity contribution in [2.24, 2.45) is 0 Å². The molecule has 0 amide bonds. The van der Waals surface area contributed by atoms with Crippen molar-refractivity contribution in [2.75, 3.05) is 12.3 Å². The van der Waals surface area contributed by atoms with Crippen molar-refractivity contribution in [3.8, 4) is 0 Å². The van der Waals surface area contributed by atoms with E-state index in [1.165, 1.54) is 12.8 Å². The summed E-state index contributed by atoms with van der Waals surface area (Å²) in [5.41, 5.74) is 0. The normalized spacial score (nSPS) is 10.9. The van der Waals surface area contributed by atoms with Crippen LogP contribution in [0.3, 0.4) is 0 Å². The van der Waals surface area contributed by atoms with Gasteiger partial charge in [0.1, 0.15) is 0 Å². The quantitative estimate of drug-likeness (QED) is 0.256. The van der Waals surface area contributed by atoms with E-state index in [1.54, 1.807) is 0 Å². The van der Waals surface area contributed by atoms with E-state index >= 15 is 0 Å². The summed E-state index contributed by atoms with van der Waals surface area (Å²) in [5, 5.41) is 0. The van der Waals surface area contributed by atoms with Crippen LogP contribution in [0, 0.1) is 6.08 Å². The molecular weight excluding hydrogens is 555 g/mol. The van der Waals surface area contributed by atoms with Crippen LogP contribution < -0.4 is 38.9 Å². The summed E-state index contributed by atoms with van der Waals surface area (Å²) in [5.74, 6) is 0. The average molecular weight is 578 g/mol. The Bertz CT molecular complexity index is 172. The van der Waals surface area contributed by atoms with Crippen LogP contribution in [0.2, 0.25) is 0 Å². The number of rotatable bonds is 6. The fourth-order valence-electron chi connectivity index (χ4n) is 1.12. The van der Waals surface area contributed by atoms with Gasteiger partial charge in [-0.05, 0) is 12.3 Å². The van der Waals surface area contributed by atoms with E-state index in [0.717, 1.165) is 31.6 Å². The Morgan fingerprint density at radius 3 is 1.83 bits per heavy atom. The Kier molecular flexibility index (Phi) is 36.3. The van der Waals surface area contributed by atoms with Crippen LogP contribution in [-0.2, 0) is 20.1 Å². The van der Waals surface area contributed by atoms with Crippen LogP contribution in [0.1, 0.15) is 46.0 Å². The molecule has 1 nitrogen and oxygen atoms in total. The maximum absolute atomic E-state index is 11.1. The molecule has 0 aromatic carbocycles. The predicted molar refractivity (Wildman–Crippen MR) is 68.0 cm³/mol. The zero-order valence-electron chi connectivity index (χ0n) is 11.1. The third-order valence-corrected chi connectivity index (χ3v) is 3.74. The number of halogens is 2. The van der Waals surface area contributed by atoms with Crippen molar-refractivity contribution in [3.63, 3.8) is 0 Å². The van der Waals surface area contributed by atoms with E-state index in [1.807, 2.05) is 12.2 Å². The molecule has 0 N–H and O–H groups in total. The Hall–Kier alpha value is 1.48. The van der Waals surface area contributed by atoms with E-state index in [-0.39, 0.29) is 54.1 Å². The first kappa shape index (κ1) is 27.8. The molecule has 0 radical (unpaired) electrons. The van der Waals surface area contributed by atoms with Gasteiger partial charge in [0.05, 0.1) is 0 Å². The first-order valence-corrected chi connectivity index (χ1v) is 7.58. The molecule has 0 saturated carbocycles. The second-order valence-electron chi connectivity index (χ2n) is 3.64. The smallest absolute Gasteiger partial charge is 1.00 e. The van der Waals surface area contributed by atoms with Gasteiger partial charge in [-0.2, -0.15) is 6.08 Å². The van der Waals surface area contributed by atoms with Crippen LogP contribution in [0.5, 0.6) is 0 Å². The minimum absolute atomic E-state index is 0. The zero-order valence-corrected chi connectivity index (χ0v) is 17.6. The molecule has 0 aliphatic heterocycles. The van der Waals surface area contributed by atoms with Gasteiger partial charge in [0.25, 0.3) is 0 Å². The first-order chi connectivity index (χ1) is 7.31. The molecule has 0 unspecified atom stereocenters. The van der Waals surface area contributed by atoms with E-state index in [9.17, 15) is 4.89 Å². The summed E-state index contributed by atoms with van der Waals surface area (Å²) in [7, 11) is -0.842. The van der Waals surface area contributed by atoms with Crippen LogP contribution >= 0.6 is 8.15 Å². The molecular formula is C13H23Br2IrOP-. The monoisotopic (exact) mass is 577 g/mol. The van der Waals surface area contributed by atoms with Gasteiger partial charge in [-0.15, -0.1) is 6.42 Å². The third kappa shape index (κ3) is 22.6. The van der Waals surface area contributed by atoms with Crippen LogP contribution in [0.15, 0.2) is 18.2 Å². The summed E-state index contributed by atoms with van der Waals surface area (Å²) in [6.07, 6.45) is 16.5. The Labute approximate surface area is 149 Å². The van der Waals surface area contributed by atoms with Gasteiger partial charge in [-0.25, -0.2) is 20.3 Å². The molecule has 0 aromatic heterocycles. The van der Waals surface area contributed by atoms with E-state index in [4.69, 9.17) is 0 Å². The van der Waals surface area contributed by atoms with Gasteiger partial charge in [-0.3, -0.25) is 6.08 Å². The molecule has 1 aliphatic carbocycles. The Morgan fingerprint density at radius 2 is 1.61 bits per heavy atom. The van der Waals surface area contributed by atoms with Crippen molar-refractivity contribution < 1.29 is 59.0 Å². The molecule has 5 heteroatoms. The summed E-state index contributed by atoms with van der Waals surface area (Å²) >= 11 is 0. The maximum atomic E-state index is 11.1. The van der Waals surface area contributed by atoms with Crippen LogP contribution in [0.4, 0.5) is 0 Å². The maximum Gasteiger partial charge on any atom is 3.00 e. The minimum Gasteiger partial charge on any atom is -1.00 e. The summed E-state index contributed by atoms with van der Waals surface area (Å²) < 4.78 is 0. The van der Waals surface area contributed by atoms with Gasteiger partial charge in [-0.1, -0.05) is 39.5 Å². The Balaban J connectivity index is -0.000000106. The summed E-state index contributed by atoms with van der Waals surface area (Å²) in [6, 6.07) is 0. The Morgan fingerprint density at radius 1 is 1.11 bits per heavy atom. The summed E-state index contributed by atoms with van der Waals surface area (Å²) in [6.45, 7) is 4.28. The van der Waals surface area contributed by atoms with Crippen LogP contribution in [-0.4, -0.2) is 12.3 Å². The molecule has 0 spiro atoms. The molecule has 0 fully saturated rings. The second kappa shape index (κ2) is 23.6. The van der Waals surface area contributed by atoms with Crippen molar-refractivity contribution >= 4 is 8.15 Å². The molecule has 1 aliphatic rings.